The van der Waals surface area contributed by atoms with Crippen molar-refractivity contribution in [2.45, 2.75) is 75.4 Å². The Hall–Kier alpha value is -3.27. The number of rotatable bonds is 6. The number of halogens is 4. The number of fused-ring (bicyclic) bond motifs is 1. The number of aryl methyl sites for hydroxylation is 1. The highest BCUT2D eigenvalue weighted by Gasteiger charge is 2.51. The van der Waals surface area contributed by atoms with Crippen LogP contribution in [-0.4, -0.2) is 32.4 Å². The molecule has 1 N–H and O–H groups in total. The predicted molar refractivity (Wildman–Crippen MR) is 133 cm³/mol. The number of carbonyl (C=O) groups is 1. The summed E-state index contributed by atoms with van der Waals surface area (Å²) in [5.41, 5.74) is 0.195. The highest BCUT2D eigenvalue weighted by molar-refractivity contribution is 6.10. The number of amides is 1. The van der Waals surface area contributed by atoms with E-state index in [1.165, 1.54) is 11.0 Å². The van der Waals surface area contributed by atoms with Crippen LogP contribution in [0.3, 0.4) is 0 Å². The molecule has 2 aromatic carbocycles. The normalized spacial score (nSPS) is 24.2. The van der Waals surface area contributed by atoms with Crippen LogP contribution in [0.2, 0.25) is 0 Å². The molecule has 0 radical (unpaired) electrons. The van der Waals surface area contributed by atoms with Gasteiger partial charge in [0.05, 0.1) is 17.5 Å². The van der Waals surface area contributed by atoms with Gasteiger partial charge in [-0.05, 0) is 80.0 Å². The van der Waals surface area contributed by atoms with Gasteiger partial charge in [0.2, 0.25) is 0 Å². The van der Waals surface area contributed by atoms with Crippen LogP contribution in [0.4, 0.5) is 23.2 Å². The zero-order valence-electron chi connectivity index (χ0n) is 21.3. The van der Waals surface area contributed by atoms with Gasteiger partial charge in [-0.2, -0.15) is 13.2 Å². The second kappa shape index (κ2) is 8.62. The fourth-order valence-electron chi connectivity index (χ4n) is 6.16. The summed E-state index contributed by atoms with van der Waals surface area (Å²) in [5.74, 6) is 0.153. The van der Waals surface area contributed by atoms with Crippen LogP contribution in [0, 0.1) is 0 Å². The van der Waals surface area contributed by atoms with E-state index >= 15 is 0 Å². The first-order valence-corrected chi connectivity index (χ1v) is 12.9. The maximum Gasteiger partial charge on any atom is 0.416 e. The molecule has 2 fully saturated rings. The van der Waals surface area contributed by atoms with Crippen LogP contribution >= 0.6 is 0 Å². The van der Waals surface area contributed by atoms with Crippen LogP contribution < -0.4 is 10.2 Å². The molecule has 0 atom stereocenters. The van der Waals surface area contributed by atoms with E-state index in [9.17, 15) is 22.4 Å². The largest absolute Gasteiger partial charge is 0.416 e. The van der Waals surface area contributed by atoms with Crippen molar-refractivity contribution in [3.05, 3.63) is 76.4 Å². The lowest BCUT2D eigenvalue weighted by molar-refractivity contribution is -0.138. The summed E-state index contributed by atoms with van der Waals surface area (Å²) in [7, 11) is 1.80. The molecule has 1 aromatic heterocycles. The lowest BCUT2D eigenvalue weighted by Crippen LogP contribution is -2.47. The number of hydrogen-bond donors (Lipinski definition) is 1. The number of nitrogens with zero attached hydrogens (tertiary/aromatic N) is 4. The zero-order chi connectivity index (χ0) is 26.9. The third-order valence-corrected chi connectivity index (χ3v) is 8.57. The average Bonchev–Trinajstić information content (AvgIpc) is 3.41. The van der Waals surface area contributed by atoms with E-state index in [1.807, 2.05) is 6.07 Å². The van der Waals surface area contributed by atoms with Crippen LogP contribution in [0.5, 0.6) is 0 Å². The fourth-order valence-corrected chi connectivity index (χ4v) is 6.16. The van der Waals surface area contributed by atoms with E-state index < -0.39 is 29.2 Å². The number of anilines is 1. The van der Waals surface area contributed by atoms with Crippen molar-refractivity contribution in [2.75, 3.05) is 4.90 Å². The molecule has 1 amide bonds. The Labute approximate surface area is 218 Å². The van der Waals surface area contributed by atoms with Crippen LogP contribution in [-0.2, 0) is 31.7 Å². The summed E-state index contributed by atoms with van der Waals surface area (Å²) in [6, 6.07) is 9.84. The molecule has 6 nitrogen and oxygen atoms in total. The Morgan fingerprint density at radius 2 is 1.92 bits per heavy atom. The van der Waals surface area contributed by atoms with E-state index in [-0.39, 0.29) is 42.6 Å². The molecule has 2 heterocycles. The summed E-state index contributed by atoms with van der Waals surface area (Å²) < 4.78 is 58.3. The molecule has 0 unspecified atom stereocenters. The number of benzene rings is 2. The topological polar surface area (TPSA) is 63.1 Å². The van der Waals surface area contributed by atoms with Gasteiger partial charge in [0.15, 0.2) is 0 Å². The van der Waals surface area contributed by atoms with Crippen molar-refractivity contribution in [1.82, 2.24) is 20.1 Å². The Balaban J connectivity index is 1.34. The van der Waals surface area contributed by atoms with Gasteiger partial charge in [0.1, 0.15) is 18.3 Å². The number of hydrogen-bond acceptors (Lipinski definition) is 4. The molecule has 0 spiro atoms. The van der Waals surface area contributed by atoms with Crippen molar-refractivity contribution in [2.24, 2.45) is 7.05 Å². The van der Waals surface area contributed by atoms with Gasteiger partial charge < -0.3 is 14.8 Å². The van der Waals surface area contributed by atoms with Crippen LogP contribution in [0.15, 0.2) is 42.7 Å². The molecule has 0 saturated heterocycles. The van der Waals surface area contributed by atoms with Crippen LogP contribution in [0.1, 0.15) is 77.5 Å². The van der Waals surface area contributed by atoms with Gasteiger partial charge in [-0.1, -0.05) is 12.1 Å². The number of carbonyl (C=O) groups excluding carboxylic acids is 1. The lowest BCUT2D eigenvalue weighted by atomic mass is 9.62. The first kappa shape index (κ1) is 25.0. The number of alkyl halides is 4. The quantitative estimate of drug-likeness (QED) is 0.434. The molecule has 2 aliphatic carbocycles. The van der Waals surface area contributed by atoms with E-state index in [4.69, 9.17) is 0 Å². The Kier molecular flexibility index (Phi) is 5.68. The lowest BCUT2D eigenvalue weighted by Gasteiger charge is -2.43. The molecule has 1 aliphatic heterocycles. The minimum Gasteiger partial charge on any atom is -0.320 e. The molecule has 38 heavy (non-hydrogen) atoms. The van der Waals surface area contributed by atoms with E-state index in [0.717, 1.165) is 24.8 Å². The van der Waals surface area contributed by atoms with Gasteiger partial charge in [0.25, 0.3) is 5.91 Å². The maximum atomic E-state index is 14.2. The first-order valence-electron chi connectivity index (χ1n) is 12.9. The summed E-state index contributed by atoms with van der Waals surface area (Å²) in [5, 5.41) is 11.5. The summed E-state index contributed by atoms with van der Waals surface area (Å²) in [4.78, 5) is 14.9. The second-order valence-corrected chi connectivity index (χ2v) is 11.2. The minimum absolute atomic E-state index is 0.0120. The molecule has 3 aliphatic rings. The molecular weight excluding hydrogens is 498 g/mol. The molecule has 10 heteroatoms. The molecule has 2 saturated carbocycles. The Bertz CT molecular complexity index is 1400. The molecule has 6 rings (SSSR count). The van der Waals surface area contributed by atoms with Gasteiger partial charge in [-0.15, -0.1) is 10.2 Å². The summed E-state index contributed by atoms with van der Waals surface area (Å²) in [6.07, 6.45) is -0.512. The van der Waals surface area contributed by atoms with Gasteiger partial charge in [0, 0.05) is 30.4 Å². The Morgan fingerprint density at radius 1 is 1.16 bits per heavy atom. The summed E-state index contributed by atoms with van der Waals surface area (Å²) in [6.45, 7) is 2.15. The molecule has 0 bridgehead atoms. The van der Waals surface area contributed by atoms with Crippen molar-refractivity contribution < 1.29 is 22.4 Å². The smallest absolute Gasteiger partial charge is 0.320 e. The third kappa shape index (κ3) is 4.00. The van der Waals surface area contributed by atoms with E-state index in [0.29, 0.717) is 17.1 Å². The third-order valence-electron chi connectivity index (χ3n) is 8.57. The average molecular weight is 528 g/mol. The Morgan fingerprint density at radius 3 is 2.53 bits per heavy atom. The molecular formula is C28H29F4N5O. The highest BCUT2D eigenvalue weighted by Crippen LogP contribution is 2.50. The van der Waals surface area contributed by atoms with Gasteiger partial charge >= 0.3 is 6.18 Å². The number of nitrogens with one attached hydrogen (secondary N) is 1. The SMILES string of the molecule is Cn1cnnc1[C@]1(c2cccc(N3Cc4c(cc(CNC5(C)CCC5)cc4C(F)(F)F)C3=O)c2)C[C@H](F)C1. The molecule has 200 valence electrons. The van der Waals surface area contributed by atoms with E-state index in [1.54, 1.807) is 42.2 Å². The second-order valence-electron chi connectivity index (χ2n) is 11.2. The molecule has 3 aromatic rings. The number of aromatic nitrogens is 3. The van der Waals surface area contributed by atoms with Crippen molar-refractivity contribution in [1.29, 1.82) is 0 Å². The minimum atomic E-state index is -4.59. The standard InChI is InChI=1S/C28H29F4N5O/c1-26(7-4-8-26)33-14-17-9-21-22(23(10-17)28(30,31)32)15-37(24(21)38)20-6-3-5-18(11-20)27(12-19(29)13-27)25-35-34-16-36(25)2/h3,5-6,9-11,16,19,33H,4,7-8,12-15H2,1-2H3/t19-,27+. The highest BCUT2D eigenvalue weighted by atomic mass is 19.4. The van der Waals surface area contributed by atoms with Crippen LogP contribution in [0.25, 0.3) is 0 Å². The van der Waals surface area contributed by atoms with Crippen molar-refractivity contribution in [3.63, 3.8) is 0 Å². The fraction of sp³-hybridized carbons (Fsp3) is 0.464. The van der Waals surface area contributed by atoms with Crippen molar-refractivity contribution >= 4 is 11.6 Å². The van der Waals surface area contributed by atoms with E-state index in [2.05, 4.69) is 22.4 Å². The van der Waals surface area contributed by atoms with Crippen molar-refractivity contribution in [3.8, 4) is 0 Å². The maximum absolute atomic E-state index is 14.2. The zero-order valence-corrected chi connectivity index (χ0v) is 21.3. The summed E-state index contributed by atoms with van der Waals surface area (Å²) >= 11 is 0. The first-order chi connectivity index (χ1) is 18.0. The van der Waals surface area contributed by atoms with Gasteiger partial charge in [-0.25, -0.2) is 4.39 Å². The monoisotopic (exact) mass is 527 g/mol. The van der Waals surface area contributed by atoms with Gasteiger partial charge in [-0.3, -0.25) is 4.79 Å². The predicted octanol–water partition coefficient (Wildman–Crippen LogP) is 5.44.